The summed E-state index contributed by atoms with van der Waals surface area (Å²) in [5.41, 5.74) is 1.80. The molecule has 1 aromatic rings. The van der Waals surface area contributed by atoms with E-state index in [2.05, 4.69) is 4.99 Å². The summed E-state index contributed by atoms with van der Waals surface area (Å²) in [5, 5.41) is 8.74. The van der Waals surface area contributed by atoms with Gasteiger partial charge in [0, 0.05) is 7.05 Å². The maximum atomic E-state index is 11.9. The number of carboxylic acid groups (broad SMARTS) is 1. The van der Waals surface area contributed by atoms with E-state index in [0.717, 1.165) is 11.3 Å². The Kier molecular flexibility index (Phi) is 3.90. The molecular weight excluding hydrogens is 264 g/mol. The summed E-state index contributed by atoms with van der Waals surface area (Å²) in [7, 11) is 1.62. The van der Waals surface area contributed by atoms with E-state index in [1.54, 1.807) is 7.05 Å². The third-order valence-corrected chi connectivity index (χ3v) is 4.06. The summed E-state index contributed by atoms with van der Waals surface area (Å²) in [6.45, 7) is 1.94. The number of aliphatic imine (C=N–C) groups is 1. The minimum atomic E-state index is -0.976. The molecule has 0 aliphatic carbocycles. The van der Waals surface area contributed by atoms with Crippen molar-refractivity contribution in [3.63, 3.8) is 0 Å². The molecule has 1 atom stereocenters. The third-order valence-electron chi connectivity index (χ3n) is 2.83. The first-order valence-corrected chi connectivity index (χ1v) is 6.67. The number of nitrogens with zero attached hydrogens (tertiary/aromatic N) is 2. The molecule has 0 saturated carbocycles. The monoisotopic (exact) mass is 278 g/mol. The molecule has 1 amide bonds. The van der Waals surface area contributed by atoms with E-state index < -0.39 is 11.2 Å². The molecule has 5 nitrogen and oxygen atoms in total. The van der Waals surface area contributed by atoms with E-state index >= 15 is 0 Å². The third kappa shape index (κ3) is 2.96. The molecule has 0 spiro atoms. The molecule has 0 unspecified atom stereocenters. The van der Waals surface area contributed by atoms with Gasteiger partial charge in [0.2, 0.25) is 5.91 Å². The van der Waals surface area contributed by atoms with E-state index in [-0.39, 0.29) is 12.3 Å². The quantitative estimate of drug-likeness (QED) is 0.918. The predicted octanol–water partition coefficient (Wildman–Crippen LogP) is 2.03. The molecule has 1 heterocycles. The van der Waals surface area contributed by atoms with Crippen molar-refractivity contribution >= 4 is 34.5 Å². The molecule has 0 radical (unpaired) electrons. The van der Waals surface area contributed by atoms with Crippen LogP contribution >= 0.6 is 11.8 Å². The lowest BCUT2D eigenvalue weighted by Crippen LogP contribution is -2.28. The molecule has 6 heteroatoms. The van der Waals surface area contributed by atoms with E-state index in [0.29, 0.717) is 5.17 Å². The van der Waals surface area contributed by atoms with Crippen molar-refractivity contribution in [1.82, 2.24) is 4.90 Å². The first-order valence-electron chi connectivity index (χ1n) is 5.79. The minimum Gasteiger partial charge on any atom is -0.481 e. The lowest BCUT2D eigenvalue weighted by atomic mass is 10.2. The zero-order valence-corrected chi connectivity index (χ0v) is 11.5. The first kappa shape index (κ1) is 13.6. The first-order chi connectivity index (χ1) is 8.99. The van der Waals surface area contributed by atoms with Crippen LogP contribution in [0.2, 0.25) is 0 Å². The van der Waals surface area contributed by atoms with Crippen LogP contribution in [0.25, 0.3) is 0 Å². The number of aryl methyl sites for hydroxylation is 1. The number of rotatable bonds is 3. The highest BCUT2D eigenvalue weighted by atomic mass is 32.2. The van der Waals surface area contributed by atoms with Crippen molar-refractivity contribution in [2.75, 3.05) is 7.05 Å². The van der Waals surface area contributed by atoms with Crippen LogP contribution in [0.5, 0.6) is 0 Å². The minimum absolute atomic E-state index is 0.180. The number of hydrogen-bond donors (Lipinski definition) is 1. The van der Waals surface area contributed by atoms with Crippen LogP contribution in [0.4, 0.5) is 5.69 Å². The van der Waals surface area contributed by atoms with Crippen LogP contribution in [0.15, 0.2) is 29.3 Å². The van der Waals surface area contributed by atoms with Crippen LogP contribution in [0.1, 0.15) is 12.0 Å². The summed E-state index contributed by atoms with van der Waals surface area (Å²) < 4.78 is 0. The summed E-state index contributed by atoms with van der Waals surface area (Å²) in [4.78, 5) is 28.4. The Bertz CT molecular complexity index is 557. The van der Waals surface area contributed by atoms with Gasteiger partial charge in [-0.25, -0.2) is 4.99 Å². The van der Waals surface area contributed by atoms with Crippen LogP contribution in [-0.4, -0.2) is 39.3 Å². The number of thioether (sulfide) groups is 1. The van der Waals surface area contributed by atoms with Crippen LogP contribution in [-0.2, 0) is 9.59 Å². The molecule has 1 fully saturated rings. The maximum Gasteiger partial charge on any atom is 0.305 e. The van der Waals surface area contributed by atoms with Gasteiger partial charge in [0.15, 0.2) is 5.17 Å². The van der Waals surface area contributed by atoms with Gasteiger partial charge in [-0.2, -0.15) is 0 Å². The Hall–Kier alpha value is -1.82. The summed E-state index contributed by atoms with van der Waals surface area (Å²) in [6, 6.07) is 7.60. The standard InChI is InChI=1S/C13H14N2O3S/c1-8-5-3-4-6-9(8)14-13-15(2)12(18)10(19-13)7-11(16)17/h3-6,10H,7H2,1-2H3,(H,16,17)/t10-/m0/s1. The normalized spacial score (nSPS) is 21.2. The highest BCUT2D eigenvalue weighted by molar-refractivity contribution is 8.15. The maximum absolute atomic E-state index is 11.9. The number of carbonyl (C=O) groups excluding carboxylic acids is 1. The predicted molar refractivity (Wildman–Crippen MR) is 74.7 cm³/mol. The van der Waals surface area contributed by atoms with E-state index in [1.165, 1.54) is 16.7 Å². The molecule has 0 aromatic heterocycles. The molecule has 0 bridgehead atoms. The zero-order chi connectivity index (χ0) is 14.0. The lowest BCUT2D eigenvalue weighted by Gasteiger charge is -2.08. The second-order valence-electron chi connectivity index (χ2n) is 4.28. The summed E-state index contributed by atoms with van der Waals surface area (Å²) in [6.07, 6.45) is -0.180. The summed E-state index contributed by atoms with van der Waals surface area (Å²) >= 11 is 1.20. The number of amides is 1. The summed E-state index contributed by atoms with van der Waals surface area (Å²) in [5.74, 6) is -1.18. The van der Waals surface area contributed by atoms with Gasteiger partial charge in [-0.1, -0.05) is 30.0 Å². The second-order valence-corrected chi connectivity index (χ2v) is 5.45. The van der Waals surface area contributed by atoms with Gasteiger partial charge in [0.05, 0.1) is 12.1 Å². The molecule has 19 heavy (non-hydrogen) atoms. The fourth-order valence-corrected chi connectivity index (χ4v) is 2.89. The number of amidine groups is 1. The average Bonchev–Trinajstić information content (AvgIpc) is 2.60. The number of carbonyl (C=O) groups is 2. The van der Waals surface area contributed by atoms with Crippen molar-refractivity contribution in [3.8, 4) is 0 Å². The highest BCUT2D eigenvalue weighted by Crippen LogP contribution is 2.31. The SMILES string of the molecule is Cc1ccccc1N=C1S[C@@H](CC(=O)O)C(=O)N1C. The van der Waals surface area contributed by atoms with Gasteiger partial charge in [-0.3, -0.25) is 14.5 Å². The zero-order valence-electron chi connectivity index (χ0n) is 10.7. The van der Waals surface area contributed by atoms with Gasteiger partial charge in [0.25, 0.3) is 0 Å². The van der Waals surface area contributed by atoms with Crippen molar-refractivity contribution in [2.45, 2.75) is 18.6 Å². The van der Waals surface area contributed by atoms with E-state index in [9.17, 15) is 9.59 Å². The van der Waals surface area contributed by atoms with Crippen LogP contribution in [0.3, 0.4) is 0 Å². The topological polar surface area (TPSA) is 70.0 Å². The van der Waals surface area contributed by atoms with Gasteiger partial charge in [-0.05, 0) is 18.6 Å². The molecule has 1 aliphatic heterocycles. The van der Waals surface area contributed by atoms with Crippen LogP contribution < -0.4 is 0 Å². The Morgan fingerprint density at radius 3 is 2.79 bits per heavy atom. The molecule has 100 valence electrons. The van der Waals surface area contributed by atoms with Crippen molar-refractivity contribution < 1.29 is 14.7 Å². The van der Waals surface area contributed by atoms with Crippen molar-refractivity contribution in [2.24, 2.45) is 4.99 Å². The van der Waals surface area contributed by atoms with Crippen molar-refractivity contribution in [3.05, 3.63) is 29.8 Å². The number of carboxylic acids is 1. The Labute approximate surface area is 115 Å². The molecule has 1 N–H and O–H groups in total. The Balaban J connectivity index is 2.25. The largest absolute Gasteiger partial charge is 0.481 e. The van der Waals surface area contributed by atoms with Gasteiger partial charge in [0.1, 0.15) is 5.25 Å². The van der Waals surface area contributed by atoms with E-state index in [1.807, 2.05) is 31.2 Å². The van der Waals surface area contributed by atoms with Gasteiger partial charge >= 0.3 is 5.97 Å². The Morgan fingerprint density at radius 1 is 1.47 bits per heavy atom. The Morgan fingerprint density at radius 2 is 2.16 bits per heavy atom. The fraction of sp³-hybridized carbons (Fsp3) is 0.308. The average molecular weight is 278 g/mol. The lowest BCUT2D eigenvalue weighted by molar-refractivity contribution is -0.139. The second kappa shape index (κ2) is 5.44. The molecule has 1 aliphatic rings. The van der Waals surface area contributed by atoms with Gasteiger partial charge < -0.3 is 5.11 Å². The van der Waals surface area contributed by atoms with Crippen LogP contribution in [0, 0.1) is 6.92 Å². The smallest absolute Gasteiger partial charge is 0.305 e. The number of hydrogen-bond acceptors (Lipinski definition) is 4. The fourth-order valence-electron chi connectivity index (χ4n) is 1.75. The molecule has 2 rings (SSSR count). The molecule has 1 saturated heterocycles. The number of para-hydroxylation sites is 1. The molecular formula is C13H14N2O3S. The van der Waals surface area contributed by atoms with Gasteiger partial charge in [-0.15, -0.1) is 0 Å². The molecule has 1 aromatic carbocycles. The number of aliphatic carboxylic acids is 1. The number of benzene rings is 1. The van der Waals surface area contributed by atoms with Crippen molar-refractivity contribution in [1.29, 1.82) is 0 Å². The highest BCUT2D eigenvalue weighted by Gasteiger charge is 2.36. The van der Waals surface area contributed by atoms with E-state index in [4.69, 9.17) is 5.11 Å².